The smallest absolute Gasteiger partial charge is 0.264 e. The summed E-state index contributed by atoms with van der Waals surface area (Å²) in [6, 6.07) is 10.6. The van der Waals surface area contributed by atoms with Crippen molar-refractivity contribution in [1.29, 1.82) is 0 Å². The van der Waals surface area contributed by atoms with Crippen LogP contribution < -0.4 is 66.9 Å². The molecule has 8 rings (SSSR count). The zero-order chi connectivity index (χ0) is 40.1. The number of nitrogen functional groups attached to an aromatic ring is 4. The van der Waals surface area contributed by atoms with Crippen molar-refractivity contribution in [3.05, 3.63) is 131 Å². The molecule has 16 heteroatoms. The van der Waals surface area contributed by atoms with Crippen molar-refractivity contribution in [3.63, 3.8) is 0 Å². The van der Waals surface area contributed by atoms with E-state index in [1.54, 1.807) is 38.1 Å². The van der Waals surface area contributed by atoms with E-state index in [9.17, 15) is 38.4 Å². The Kier molecular flexibility index (Phi) is 8.21. The number of nitrogens with two attached hydrogens (primary N) is 4. The second-order valence-corrected chi connectivity index (χ2v) is 13.9. The second-order valence-electron chi connectivity index (χ2n) is 13.9. The number of benzene rings is 6. The van der Waals surface area contributed by atoms with Gasteiger partial charge >= 0.3 is 0 Å². The van der Waals surface area contributed by atoms with Crippen molar-refractivity contribution < 1.29 is 9.47 Å². The Morgan fingerprint density at radius 1 is 0.429 bits per heavy atom. The highest BCUT2D eigenvalue weighted by molar-refractivity contribution is 6.22. The van der Waals surface area contributed by atoms with E-state index in [-0.39, 0.29) is 114 Å². The quantitative estimate of drug-likeness (QED) is 0.0694. The van der Waals surface area contributed by atoms with Gasteiger partial charge in [0.15, 0.2) is 21.7 Å². The molecule has 16 nitrogen and oxygen atoms in total. The predicted octanol–water partition coefficient (Wildman–Crippen LogP) is 1.03. The highest BCUT2D eigenvalue weighted by atomic mass is 16.5. The molecule has 0 aliphatic heterocycles. The number of rotatable bonds is 9. The molecular formula is C40H32N6O10. The van der Waals surface area contributed by atoms with Gasteiger partial charge in [0.25, 0.3) is 22.2 Å². The predicted molar refractivity (Wildman–Crippen MR) is 218 cm³/mol. The lowest BCUT2D eigenvalue weighted by Crippen LogP contribution is -2.32. The van der Waals surface area contributed by atoms with Crippen LogP contribution in [-0.2, 0) is 9.47 Å². The normalized spacial score (nSPS) is 13.2. The van der Waals surface area contributed by atoms with E-state index < -0.39 is 56.0 Å². The average molecular weight is 757 g/mol. The third-order valence-electron chi connectivity index (χ3n) is 10.6. The van der Waals surface area contributed by atoms with Gasteiger partial charge in [0.1, 0.15) is 0 Å². The first-order valence-corrected chi connectivity index (χ1v) is 17.5. The highest BCUT2D eigenvalue weighted by Gasteiger charge is 2.29. The fraction of sp³-hybridized carbons (Fsp3) is 0.200. The number of aromatic nitrogens is 2. The van der Waals surface area contributed by atoms with Gasteiger partial charge in [0.05, 0.1) is 104 Å². The molecule has 282 valence electrons. The minimum atomic E-state index is -0.840. The molecule has 0 radical (unpaired) electrons. The van der Waals surface area contributed by atoms with Crippen LogP contribution in [0.4, 0.5) is 22.7 Å². The first-order chi connectivity index (χ1) is 26.7. The molecule has 8 N–H and O–H groups in total. The number of fused-ring (bicyclic) bond motifs is 6. The lowest BCUT2D eigenvalue weighted by Gasteiger charge is -2.14. The van der Waals surface area contributed by atoms with Crippen molar-refractivity contribution in [2.75, 3.05) is 49.4 Å². The van der Waals surface area contributed by atoms with Gasteiger partial charge in [0.2, 0.25) is 0 Å². The Bertz CT molecular complexity index is 3040. The maximum absolute atomic E-state index is 13.6. The van der Waals surface area contributed by atoms with Gasteiger partial charge in [-0.15, -0.1) is 0 Å². The molecule has 2 atom stereocenters. The second kappa shape index (κ2) is 12.8. The Morgan fingerprint density at radius 2 is 0.661 bits per heavy atom. The highest BCUT2D eigenvalue weighted by Crippen LogP contribution is 2.33. The molecule has 0 amide bonds. The van der Waals surface area contributed by atoms with E-state index >= 15 is 0 Å². The number of hydrogen-bond acceptors (Lipinski definition) is 14. The number of ether oxygens (including phenoxy) is 2. The lowest BCUT2D eigenvalue weighted by atomic mass is 9.97. The van der Waals surface area contributed by atoms with E-state index in [1.165, 1.54) is 24.3 Å². The van der Waals surface area contributed by atoms with Gasteiger partial charge in [0, 0.05) is 21.5 Å². The summed E-state index contributed by atoms with van der Waals surface area (Å²) in [5.74, 6) is 0. The molecule has 0 spiro atoms. The third kappa shape index (κ3) is 4.79. The number of anilines is 4. The number of hydrogen-bond donors (Lipinski definition) is 4. The molecule has 6 aromatic carbocycles. The van der Waals surface area contributed by atoms with Crippen LogP contribution in [0.1, 0.15) is 25.9 Å². The first-order valence-electron chi connectivity index (χ1n) is 17.5. The van der Waals surface area contributed by atoms with Crippen molar-refractivity contribution in [2.24, 2.45) is 0 Å². The molecule has 56 heavy (non-hydrogen) atoms. The van der Waals surface area contributed by atoms with Gasteiger partial charge in [-0.2, -0.15) is 0 Å². The van der Waals surface area contributed by atoms with Gasteiger partial charge < -0.3 is 32.4 Å². The fourth-order valence-corrected chi connectivity index (χ4v) is 7.95. The summed E-state index contributed by atoms with van der Waals surface area (Å²) in [6.07, 6.45) is 0. The minimum absolute atomic E-state index is 0.0282. The van der Waals surface area contributed by atoms with Crippen molar-refractivity contribution in [3.8, 4) is 0 Å². The lowest BCUT2D eigenvalue weighted by molar-refractivity contribution is 0.0273. The van der Waals surface area contributed by atoms with Crippen molar-refractivity contribution in [1.82, 2.24) is 9.13 Å². The SMILES string of the molecule is CC(COCCOCC(C)n1c(=O)c2c(N)c3c(=O)c4ccccc4c(=O)c3c(N)c2c1=O)n1c(=O)c2c(N)c3c(=O)c4ccccc4c(=O)c3c(N)c2c1=O. The molecule has 2 aromatic heterocycles. The van der Waals surface area contributed by atoms with Gasteiger partial charge in [-0.3, -0.25) is 47.5 Å². The Morgan fingerprint density at radius 3 is 0.893 bits per heavy atom. The summed E-state index contributed by atoms with van der Waals surface area (Å²) < 4.78 is 13.2. The minimum Gasteiger partial charge on any atom is -0.397 e. The standard InChI is InChI=1S/C40H32N6O10/c1-15(45-37(51)25-26(38(45)52)30(42)22-21(29(25)41)33(47)17-7-3-4-8-18(17)34(22)48)13-55-11-12-56-14-16(2)46-39(53)27-28(40(46)54)32(44)24-23(31(27)43)35(49)19-9-5-6-10-20(19)36(24)50/h3-10,15-16H,11-14,41-44H2,1-2H3. The summed E-state index contributed by atoms with van der Waals surface area (Å²) in [7, 11) is 0. The van der Waals surface area contributed by atoms with Crippen molar-refractivity contribution >= 4 is 87.4 Å². The maximum atomic E-state index is 13.6. The van der Waals surface area contributed by atoms with Crippen LogP contribution in [0.2, 0.25) is 0 Å². The Hall–Kier alpha value is -7.04. The fourth-order valence-electron chi connectivity index (χ4n) is 7.95. The average Bonchev–Trinajstić information content (AvgIpc) is 3.61. The molecule has 0 bridgehead atoms. The molecule has 0 saturated heterocycles. The zero-order valence-electron chi connectivity index (χ0n) is 29.9. The van der Waals surface area contributed by atoms with E-state index in [2.05, 4.69) is 0 Å². The Balaban J connectivity index is 1.01. The van der Waals surface area contributed by atoms with Crippen LogP contribution >= 0.6 is 0 Å². The largest absolute Gasteiger partial charge is 0.397 e. The van der Waals surface area contributed by atoms with Crippen LogP contribution in [0, 0.1) is 0 Å². The third-order valence-corrected chi connectivity index (χ3v) is 10.6. The van der Waals surface area contributed by atoms with E-state index in [1.807, 2.05) is 0 Å². The van der Waals surface area contributed by atoms with Crippen LogP contribution in [-0.4, -0.2) is 35.6 Å². The van der Waals surface area contributed by atoms with E-state index in [0.29, 0.717) is 0 Å². The molecule has 0 aliphatic rings. The molecule has 8 aromatic rings. The monoisotopic (exact) mass is 756 g/mol. The van der Waals surface area contributed by atoms with Gasteiger partial charge in [-0.25, -0.2) is 0 Å². The topological polar surface area (TPSA) is 269 Å². The van der Waals surface area contributed by atoms with Crippen molar-refractivity contribution in [2.45, 2.75) is 25.9 Å². The summed E-state index contributed by atoms with van der Waals surface area (Å²) in [5.41, 5.74) is 18.6. The van der Waals surface area contributed by atoms with E-state index in [0.717, 1.165) is 9.13 Å². The summed E-state index contributed by atoms with van der Waals surface area (Å²) >= 11 is 0. The van der Waals surface area contributed by atoms with Crippen LogP contribution in [0.5, 0.6) is 0 Å². The summed E-state index contributed by atoms with van der Waals surface area (Å²) in [6.45, 7) is 2.77. The molecule has 2 unspecified atom stereocenters. The maximum Gasteiger partial charge on any atom is 0.264 e. The molecule has 0 aliphatic carbocycles. The summed E-state index contributed by atoms with van der Waals surface area (Å²) in [4.78, 5) is 108. The first kappa shape index (κ1) is 36.0. The Labute approximate surface area is 311 Å². The van der Waals surface area contributed by atoms with Crippen LogP contribution in [0.15, 0.2) is 86.9 Å². The van der Waals surface area contributed by atoms with Gasteiger partial charge in [-0.1, -0.05) is 48.5 Å². The van der Waals surface area contributed by atoms with Gasteiger partial charge in [-0.05, 0) is 13.8 Å². The van der Waals surface area contributed by atoms with Crippen LogP contribution in [0.3, 0.4) is 0 Å². The molecule has 2 heterocycles. The zero-order valence-corrected chi connectivity index (χ0v) is 29.9. The molecule has 0 fully saturated rings. The molecule has 0 saturated carbocycles. The number of nitrogens with zero attached hydrogens (tertiary/aromatic N) is 2. The van der Waals surface area contributed by atoms with E-state index in [4.69, 9.17) is 32.4 Å². The van der Waals surface area contributed by atoms with Crippen LogP contribution in [0.25, 0.3) is 64.6 Å². The molecular weight excluding hydrogens is 724 g/mol. The summed E-state index contributed by atoms with van der Waals surface area (Å²) in [5, 5.41) is -1.43.